The van der Waals surface area contributed by atoms with E-state index in [1.807, 2.05) is 38.1 Å². The SMILES string of the molecule is Cc1ccc(C(=O)Nc2cc(N3CCC(C)CC3)ncn2)cc1C. The van der Waals surface area contributed by atoms with E-state index in [-0.39, 0.29) is 5.91 Å². The maximum Gasteiger partial charge on any atom is 0.256 e. The first kappa shape index (κ1) is 16.4. The van der Waals surface area contributed by atoms with Gasteiger partial charge < -0.3 is 10.2 Å². The maximum absolute atomic E-state index is 12.4. The zero-order valence-electron chi connectivity index (χ0n) is 14.5. The minimum absolute atomic E-state index is 0.144. The van der Waals surface area contributed by atoms with Crippen LogP contribution in [0.1, 0.15) is 41.3 Å². The number of amides is 1. The molecular formula is C19H24N4O. The molecule has 1 aromatic heterocycles. The predicted molar refractivity (Wildman–Crippen MR) is 96.5 cm³/mol. The number of aryl methyl sites for hydroxylation is 2. The highest BCUT2D eigenvalue weighted by Crippen LogP contribution is 2.22. The Balaban J connectivity index is 1.72. The van der Waals surface area contributed by atoms with Crippen molar-refractivity contribution in [1.82, 2.24) is 9.97 Å². The third-order valence-corrected chi connectivity index (χ3v) is 4.77. The fraction of sp³-hybridized carbons (Fsp3) is 0.421. The molecule has 0 radical (unpaired) electrons. The number of carbonyl (C=O) groups is 1. The molecule has 0 aliphatic carbocycles. The van der Waals surface area contributed by atoms with E-state index in [1.165, 1.54) is 24.7 Å². The molecule has 5 nitrogen and oxygen atoms in total. The molecule has 24 heavy (non-hydrogen) atoms. The average Bonchev–Trinajstić information content (AvgIpc) is 2.58. The standard InChI is InChI=1S/C19H24N4O/c1-13-6-8-23(9-7-13)18-11-17(20-12-21-18)22-19(24)16-5-4-14(2)15(3)10-16/h4-5,10-13H,6-9H2,1-3H3,(H,20,21,22,24). The van der Waals surface area contributed by atoms with Crippen LogP contribution in [0.15, 0.2) is 30.6 Å². The summed E-state index contributed by atoms with van der Waals surface area (Å²) in [7, 11) is 0. The summed E-state index contributed by atoms with van der Waals surface area (Å²) < 4.78 is 0. The van der Waals surface area contributed by atoms with Crippen molar-refractivity contribution in [2.75, 3.05) is 23.3 Å². The fourth-order valence-electron chi connectivity index (χ4n) is 2.90. The quantitative estimate of drug-likeness (QED) is 0.937. The minimum Gasteiger partial charge on any atom is -0.356 e. The van der Waals surface area contributed by atoms with E-state index in [4.69, 9.17) is 0 Å². The van der Waals surface area contributed by atoms with Gasteiger partial charge in [0.2, 0.25) is 0 Å². The normalized spacial score (nSPS) is 15.4. The molecule has 126 valence electrons. The average molecular weight is 324 g/mol. The molecule has 2 aromatic rings. The second-order valence-corrected chi connectivity index (χ2v) is 6.68. The van der Waals surface area contributed by atoms with E-state index in [0.717, 1.165) is 30.4 Å². The van der Waals surface area contributed by atoms with E-state index in [9.17, 15) is 4.79 Å². The molecule has 0 spiro atoms. The number of hydrogen-bond acceptors (Lipinski definition) is 4. The highest BCUT2D eigenvalue weighted by molar-refractivity contribution is 6.04. The number of nitrogens with one attached hydrogen (secondary N) is 1. The van der Waals surface area contributed by atoms with Gasteiger partial charge in [0.05, 0.1) is 0 Å². The second-order valence-electron chi connectivity index (χ2n) is 6.68. The number of benzene rings is 1. The largest absolute Gasteiger partial charge is 0.356 e. The van der Waals surface area contributed by atoms with Crippen LogP contribution in [0.5, 0.6) is 0 Å². The molecular weight excluding hydrogens is 300 g/mol. The van der Waals surface area contributed by atoms with Gasteiger partial charge in [-0.2, -0.15) is 0 Å². The number of rotatable bonds is 3. The molecule has 2 heterocycles. The summed E-state index contributed by atoms with van der Waals surface area (Å²) in [5, 5.41) is 2.88. The summed E-state index contributed by atoms with van der Waals surface area (Å²) >= 11 is 0. The smallest absolute Gasteiger partial charge is 0.256 e. The van der Waals surface area contributed by atoms with Crippen LogP contribution in [0.25, 0.3) is 0 Å². The van der Waals surface area contributed by atoms with Gasteiger partial charge in [0.25, 0.3) is 5.91 Å². The van der Waals surface area contributed by atoms with Crippen LogP contribution in [0.4, 0.5) is 11.6 Å². The number of nitrogens with zero attached hydrogens (tertiary/aromatic N) is 3. The first-order chi connectivity index (χ1) is 11.5. The van der Waals surface area contributed by atoms with Crippen molar-refractivity contribution in [3.8, 4) is 0 Å². The summed E-state index contributed by atoms with van der Waals surface area (Å²) in [5.74, 6) is 2.05. The third kappa shape index (κ3) is 3.72. The molecule has 1 N–H and O–H groups in total. The zero-order valence-corrected chi connectivity index (χ0v) is 14.5. The first-order valence-electron chi connectivity index (χ1n) is 8.48. The Morgan fingerprint density at radius 3 is 2.58 bits per heavy atom. The summed E-state index contributed by atoms with van der Waals surface area (Å²) in [6.45, 7) is 8.33. The summed E-state index contributed by atoms with van der Waals surface area (Å²) in [4.78, 5) is 23.2. The van der Waals surface area contributed by atoms with Gasteiger partial charge in [-0.1, -0.05) is 13.0 Å². The van der Waals surface area contributed by atoms with E-state index in [2.05, 4.69) is 27.1 Å². The lowest BCUT2D eigenvalue weighted by Crippen LogP contribution is -2.33. The molecule has 1 aromatic carbocycles. The Labute approximate surface area is 143 Å². The maximum atomic E-state index is 12.4. The number of carbonyl (C=O) groups excluding carboxylic acids is 1. The van der Waals surface area contributed by atoms with E-state index < -0.39 is 0 Å². The van der Waals surface area contributed by atoms with Crippen molar-refractivity contribution in [3.63, 3.8) is 0 Å². The highest BCUT2D eigenvalue weighted by Gasteiger charge is 2.17. The summed E-state index contributed by atoms with van der Waals surface area (Å²) in [6.07, 6.45) is 3.87. The molecule has 1 fully saturated rings. The zero-order chi connectivity index (χ0) is 17.1. The van der Waals surface area contributed by atoms with Crippen molar-refractivity contribution < 1.29 is 4.79 Å². The van der Waals surface area contributed by atoms with Crippen molar-refractivity contribution >= 4 is 17.5 Å². The Bertz CT molecular complexity index is 736. The molecule has 0 atom stereocenters. The Morgan fingerprint density at radius 2 is 1.88 bits per heavy atom. The van der Waals surface area contributed by atoms with Crippen molar-refractivity contribution in [1.29, 1.82) is 0 Å². The lowest BCUT2D eigenvalue weighted by molar-refractivity contribution is 0.102. The fourth-order valence-corrected chi connectivity index (χ4v) is 2.90. The lowest BCUT2D eigenvalue weighted by atomic mass is 9.99. The first-order valence-corrected chi connectivity index (χ1v) is 8.48. The molecule has 0 bridgehead atoms. The lowest BCUT2D eigenvalue weighted by Gasteiger charge is -2.31. The topological polar surface area (TPSA) is 58.1 Å². The van der Waals surface area contributed by atoms with Gasteiger partial charge in [-0.05, 0) is 55.9 Å². The molecule has 0 unspecified atom stereocenters. The van der Waals surface area contributed by atoms with Gasteiger partial charge in [-0.15, -0.1) is 0 Å². The van der Waals surface area contributed by atoms with Gasteiger partial charge in [-0.25, -0.2) is 9.97 Å². The minimum atomic E-state index is -0.144. The van der Waals surface area contributed by atoms with Gasteiger partial charge in [0.15, 0.2) is 0 Å². The Hall–Kier alpha value is -2.43. The van der Waals surface area contributed by atoms with Crippen molar-refractivity contribution in [3.05, 3.63) is 47.3 Å². The molecule has 1 amide bonds. The van der Waals surface area contributed by atoms with Crippen LogP contribution >= 0.6 is 0 Å². The van der Waals surface area contributed by atoms with Crippen molar-refractivity contribution in [2.45, 2.75) is 33.6 Å². The van der Waals surface area contributed by atoms with Gasteiger partial charge in [0.1, 0.15) is 18.0 Å². The van der Waals surface area contributed by atoms with E-state index in [0.29, 0.717) is 11.4 Å². The van der Waals surface area contributed by atoms with Crippen LogP contribution in [-0.2, 0) is 0 Å². The predicted octanol–water partition coefficient (Wildman–Crippen LogP) is 3.58. The van der Waals surface area contributed by atoms with E-state index >= 15 is 0 Å². The van der Waals surface area contributed by atoms with Crippen LogP contribution in [0, 0.1) is 19.8 Å². The van der Waals surface area contributed by atoms with Crippen molar-refractivity contribution in [2.24, 2.45) is 5.92 Å². The second kappa shape index (κ2) is 6.99. The molecule has 1 aliphatic rings. The van der Waals surface area contributed by atoms with Crippen LogP contribution in [0.3, 0.4) is 0 Å². The number of aromatic nitrogens is 2. The highest BCUT2D eigenvalue weighted by atomic mass is 16.1. The van der Waals surface area contributed by atoms with E-state index in [1.54, 1.807) is 0 Å². The number of piperidine rings is 1. The van der Waals surface area contributed by atoms with Crippen LogP contribution in [0.2, 0.25) is 0 Å². The molecule has 5 heteroatoms. The molecule has 1 aliphatic heterocycles. The van der Waals surface area contributed by atoms with Gasteiger partial charge in [0, 0.05) is 24.7 Å². The van der Waals surface area contributed by atoms with Gasteiger partial charge in [-0.3, -0.25) is 4.79 Å². The Kier molecular flexibility index (Phi) is 4.79. The van der Waals surface area contributed by atoms with Crippen LogP contribution < -0.4 is 10.2 Å². The molecule has 0 saturated carbocycles. The Morgan fingerprint density at radius 1 is 1.12 bits per heavy atom. The molecule has 3 rings (SSSR count). The monoisotopic (exact) mass is 324 g/mol. The third-order valence-electron chi connectivity index (χ3n) is 4.77. The number of hydrogen-bond donors (Lipinski definition) is 1. The van der Waals surface area contributed by atoms with Gasteiger partial charge >= 0.3 is 0 Å². The molecule has 1 saturated heterocycles. The summed E-state index contributed by atoms with van der Waals surface area (Å²) in [6, 6.07) is 7.56. The number of anilines is 2. The summed E-state index contributed by atoms with van der Waals surface area (Å²) in [5.41, 5.74) is 2.92. The van der Waals surface area contributed by atoms with Crippen LogP contribution in [-0.4, -0.2) is 29.0 Å².